The fourth-order valence-corrected chi connectivity index (χ4v) is 3.85. The number of nitrogens with zero attached hydrogens (tertiary/aromatic N) is 1. The van der Waals surface area contributed by atoms with Gasteiger partial charge in [-0.2, -0.15) is 13.2 Å². The lowest BCUT2D eigenvalue weighted by atomic mass is 10.0. The van der Waals surface area contributed by atoms with Gasteiger partial charge in [-0.3, -0.25) is 4.79 Å². The number of ether oxygens (including phenoxy) is 1. The molecule has 4 rings (SSSR count). The van der Waals surface area contributed by atoms with Crippen LogP contribution in [0.4, 0.5) is 17.6 Å². The predicted molar refractivity (Wildman–Crippen MR) is 108 cm³/mol. The van der Waals surface area contributed by atoms with Gasteiger partial charge >= 0.3 is 6.18 Å². The largest absolute Gasteiger partial charge is 0.416 e. The van der Waals surface area contributed by atoms with Gasteiger partial charge in [-0.15, -0.1) is 0 Å². The number of aromatic nitrogens is 1. The summed E-state index contributed by atoms with van der Waals surface area (Å²) in [6, 6.07) is 14.1. The molecule has 0 atom stereocenters. The minimum atomic E-state index is -4.72. The van der Waals surface area contributed by atoms with Crippen molar-refractivity contribution in [2.45, 2.75) is 19.3 Å². The third-order valence-corrected chi connectivity index (χ3v) is 5.14. The fraction of sp³-hybridized carbons (Fsp3) is 0.174. The van der Waals surface area contributed by atoms with Crippen molar-refractivity contribution in [1.82, 2.24) is 4.57 Å². The fourth-order valence-electron chi connectivity index (χ4n) is 3.85. The summed E-state index contributed by atoms with van der Waals surface area (Å²) in [5.74, 6) is -1.62. The van der Waals surface area contributed by atoms with E-state index in [2.05, 4.69) is 6.07 Å². The average molecular weight is 429 g/mol. The molecule has 2 N–H and O–H groups in total. The monoisotopic (exact) mass is 429 g/mol. The Balaban J connectivity index is 2.02. The molecule has 4 aromatic rings. The van der Waals surface area contributed by atoms with Crippen molar-refractivity contribution in [2.75, 3.05) is 7.11 Å². The first-order valence-corrected chi connectivity index (χ1v) is 9.30. The summed E-state index contributed by atoms with van der Waals surface area (Å²) >= 11 is 0. The Labute approximate surface area is 174 Å². The van der Waals surface area contributed by atoms with E-state index >= 15 is 0 Å². The number of hydrogen-bond acceptors (Lipinski definition) is 2. The summed E-state index contributed by atoms with van der Waals surface area (Å²) < 4.78 is 61.0. The average Bonchev–Trinajstić information content (AvgIpc) is 3.02. The topological polar surface area (TPSA) is 57.2 Å². The van der Waals surface area contributed by atoms with E-state index < -0.39 is 23.5 Å². The number of benzene rings is 3. The standard InChI is InChI=1S/C23H17F4N2O2/c1-31-12-13-5-8-16-20(9-13)29(19-4-2-3-17(21(16)19)22(28)30)11-14-6-7-15(24)10-18(14)23(25,26)27/h2-7,9-10H,11-12H2,1H3,(H2,28,30). The molecule has 3 aromatic carbocycles. The highest BCUT2D eigenvalue weighted by Gasteiger charge is 2.34. The quantitative estimate of drug-likeness (QED) is 0.452. The molecule has 1 heterocycles. The molecule has 4 nitrogen and oxygen atoms in total. The summed E-state index contributed by atoms with van der Waals surface area (Å²) in [7, 11) is 1.53. The highest BCUT2D eigenvalue weighted by molar-refractivity contribution is 6.17. The van der Waals surface area contributed by atoms with Crippen LogP contribution in [0.15, 0.2) is 48.5 Å². The van der Waals surface area contributed by atoms with E-state index in [1.807, 2.05) is 0 Å². The van der Waals surface area contributed by atoms with Crippen molar-refractivity contribution < 1.29 is 27.1 Å². The maximum absolute atomic E-state index is 13.6. The molecule has 0 unspecified atom stereocenters. The summed E-state index contributed by atoms with van der Waals surface area (Å²) in [6.07, 6.45) is -4.72. The minimum Gasteiger partial charge on any atom is -0.380 e. The van der Waals surface area contributed by atoms with Crippen LogP contribution in [0, 0.1) is 11.9 Å². The van der Waals surface area contributed by atoms with Crippen molar-refractivity contribution >= 4 is 27.7 Å². The number of primary amides is 1. The van der Waals surface area contributed by atoms with Crippen molar-refractivity contribution in [2.24, 2.45) is 5.73 Å². The molecule has 31 heavy (non-hydrogen) atoms. The number of methoxy groups -OCH3 is 1. The first-order valence-electron chi connectivity index (χ1n) is 9.30. The van der Waals surface area contributed by atoms with Gasteiger partial charge in [-0.25, -0.2) is 4.39 Å². The lowest BCUT2D eigenvalue weighted by Gasteiger charge is -2.15. The van der Waals surface area contributed by atoms with Gasteiger partial charge in [0.15, 0.2) is 0 Å². The normalized spacial score (nSPS) is 12.0. The molecule has 1 radical (unpaired) electrons. The molecular formula is C23H17F4N2O2. The first kappa shape index (κ1) is 20.9. The molecule has 0 saturated carbocycles. The lowest BCUT2D eigenvalue weighted by Crippen LogP contribution is -2.13. The van der Waals surface area contributed by atoms with Gasteiger partial charge in [0.05, 0.1) is 23.2 Å². The molecule has 0 saturated heterocycles. The predicted octanol–water partition coefficient (Wildman–Crippen LogP) is 5.05. The Morgan fingerprint density at radius 2 is 1.94 bits per heavy atom. The van der Waals surface area contributed by atoms with Gasteiger partial charge in [0.2, 0.25) is 5.91 Å². The molecule has 0 aliphatic heterocycles. The number of rotatable bonds is 5. The van der Waals surface area contributed by atoms with Crippen LogP contribution in [0.25, 0.3) is 21.8 Å². The van der Waals surface area contributed by atoms with Crippen LogP contribution >= 0.6 is 0 Å². The van der Waals surface area contributed by atoms with Gasteiger partial charge in [0.1, 0.15) is 5.82 Å². The zero-order chi connectivity index (χ0) is 22.3. The van der Waals surface area contributed by atoms with Crippen LogP contribution in [0.3, 0.4) is 0 Å². The maximum Gasteiger partial charge on any atom is 0.416 e. The van der Waals surface area contributed by atoms with Crippen molar-refractivity contribution in [3.63, 3.8) is 0 Å². The van der Waals surface area contributed by atoms with E-state index in [0.29, 0.717) is 27.9 Å². The second kappa shape index (κ2) is 7.70. The summed E-state index contributed by atoms with van der Waals surface area (Å²) in [4.78, 5) is 12.0. The second-order valence-electron chi connectivity index (χ2n) is 7.15. The van der Waals surface area contributed by atoms with Crippen LogP contribution in [0.1, 0.15) is 27.0 Å². The van der Waals surface area contributed by atoms with Gasteiger partial charge in [0, 0.05) is 30.0 Å². The third kappa shape index (κ3) is 3.74. The number of hydrogen-bond donors (Lipinski definition) is 1. The molecule has 8 heteroatoms. The van der Waals surface area contributed by atoms with Gasteiger partial charge < -0.3 is 15.0 Å². The zero-order valence-electron chi connectivity index (χ0n) is 16.4. The molecule has 0 aliphatic carbocycles. The van der Waals surface area contributed by atoms with Crippen molar-refractivity contribution in [3.05, 3.63) is 82.7 Å². The first-order chi connectivity index (χ1) is 14.7. The minimum absolute atomic E-state index is 0.102. The Hall–Kier alpha value is -3.39. The molecule has 0 spiro atoms. The summed E-state index contributed by atoms with van der Waals surface area (Å²) in [5, 5.41) is 1.06. The highest BCUT2D eigenvalue weighted by atomic mass is 19.4. The number of fused-ring (bicyclic) bond motifs is 3. The van der Waals surface area contributed by atoms with Gasteiger partial charge in [-0.1, -0.05) is 12.1 Å². The van der Waals surface area contributed by atoms with E-state index in [0.717, 1.165) is 17.7 Å². The van der Waals surface area contributed by atoms with Crippen LogP contribution in [-0.4, -0.2) is 17.6 Å². The van der Waals surface area contributed by atoms with E-state index in [-0.39, 0.29) is 24.3 Å². The SMILES string of the molecule is COCc1c[c]c2c3c(C(N)=O)cccc3n(Cc3ccc(F)cc3C(F)(F)F)c2c1. The zero-order valence-corrected chi connectivity index (χ0v) is 16.4. The van der Waals surface area contributed by atoms with Gasteiger partial charge in [-0.05, 0) is 53.6 Å². The number of carbonyl (C=O) groups excluding carboxylic acids is 1. The van der Waals surface area contributed by atoms with E-state index in [1.54, 1.807) is 34.9 Å². The van der Waals surface area contributed by atoms with E-state index in [1.165, 1.54) is 7.11 Å². The van der Waals surface area contributed by atoms with Crippen LogP contribution < -0.4 is 5.73 Å². The van der Waals surface area contributed by atoms with E-state index in [9.17, 15) is 22.4 Å². The Morgan fingerprint density at radius 1 is 1.16 bits per heavy atom. The summed E-state index contributed by atoms with van der Waals surface area (Å²) in [6.45, 7) is 0.0859. The second-order valence-corrected chi connectivity index (χ2v) is 7.15. The molecular weight excluding hydrogens is 412 g/mol. The number of alkyl halides is 3. The maximum atomic E-state index is 13.6. The molecule has 0 fully saturated rings. The van der Waals surface area contributed by atoms with Crippen LogP contribution in [0.2, 0.25) is 0 Å². The van der Waals surface area contributed by atoms with Gasteiger partial charge in [0.25, 0.3) is 0 Å². The van der Waals surface area contributed by atoms with Crippen molar-refractivity contribution in [3.8, 4) is 0 Å². The Bertz CT molecular complexity index is 1310. The number of nitrogens with two attached hydrogens (primary N) is 1. The molecule has 0 bridgehead atoms. The third-order valence-electron chi connectivity index (χ3n) is 5.14. The van der Waals surface area contributed by atoms with Crippen LogP contribution in [0.5, 0.6) is 0 Å². The molecule has 1 aromatic heterocycles. The smallest absolute Gasteiger partial charge is 0.380 e. The van der Waals surface area contributed by atoms with Crippen LogP contribution in [-0.2, 0) is 24.1 Å². The number of halogens is 4. The Kier molecular flexibility index (Phi) is 5.18. The molecule has 0 aliphatic rings. The molecule has 159 valence electrons. The van der Waals surface area contributed by atoms with Crippen molar-refractivity contribution in [1.29, 1.82) is 0 Å². The Morgan fingerprint density at radius 3 is 2.61 bits per heavy atom. The summed E-state index contributed by atoms with van der Waals surface area (Å²) in [5.41, 5.74) is 6.47. The molecule has 1 amide bonds. The highest BCUT2D eigenvalue weighted by Crippen LogP contribution is 2.36. The number of amides is 1. The number of carbonyl (C=O) groups is 1. The van der Waals surface area contributed by atoms with E-state index in [4.69, 9.17) is 10.5 Å². The lowest BCUT2D eigenvalue weighted by molar-refractivity contribution is -0.138.